The first-order valence-electron chi connectivity index (χ1n) is 7.05. The summed E-state index contributed by atoms with van der Waals surface area (Å²) < 4.78 is 22.7. The molecule has 0 aliphatic carbocycles. The minimum absolute atomic E-state index is 0.270. The molecule has 3 rings (SSSR count). The van der Waals surface area contributed by atoms with Gasteiger partial charge < -0.3 is 28.9 Å². The van der Waals surface area contributed by atoms with Gasteiger partial charge in [0.15, 0.2) is 12.6 Å². The van der Waals surface area contributed by atoms with E-state index in [-0.39, 0.29) is 6.61 Å². The molecule has 8 atom stereocenters. The predicted octanol–water partition coefficient (Wildman–Crippen LogP) is 1.38. The van der Waals surface area contributed by atoms with Crippen LogP contribution in [-0.4, -0.2) is 54.2 Å². The molecule has 1 aromatic rings. The van der Waals surface area contributed by atoms with E-state index in [2.05, 4.69) is 8.93 Å². The quantitative estimate of drug-likeness (QED) is 0.806. The van der Waals surface area contributed by atoms with Gasteiger partial charge in [-0.05, 0) is 6.66 Å². The molecule has 0 aromatic heterocycles. The summed E-state index contributed by atoms with van der Waals surface area (Å²) in [4.78, 5) is 0. The van der Waals surface area contributed by atoms with Crippen molar-refractivity contribution in [3.8, 4) is 0 Å². The average Bonchev–Trinajstić information content (AvgIpc) is 2.52. The van der Waals surface area contributed by atoms with Gasteiger partial charge in [0.2, 0.25) is 0 Å². The lowest BCUT2D eigenvalue weighted by Crippen LogP contribution is -2.61. The summed E-state index contributed by atoms with van der Waals surface area (Å²) in [5, 5.41) is 20.5. The second-order valence-corrected chi connectivity index (χ2v) is 8.84. The summed E-state index contributed by atoms with van der Waals surface area (Å²) in [7, 11) is 1.72. The lowest BCUT2D eigenvalue weighted by Gasteiger charge is -2.46. The Labute approximate surface area is 132 Å². The van der Waals surface area contributed by atoms with E-state index in [4.69, 9.17) is 18.7 Å². The number of ether oxygens (including phenoxy) is 3. The van der Waals surface area contributed by atoms with Gasteiger partial charge in [-0.25, -0.2) is 0 Å². The number of rotatable bonds is 3. The summed E-state index contributed by atoms with van der Waals surface area (Å²) in [6, 6.07) is 9.47. The van der Waals surface area contributed by atoms with Crippen LogP contribution in [0.2, 0.25) is 0 Å². The Bertz CT molecular complexity index is 485. The lowest BCUT2D eigenvalue weighted by molar-refractivity contribution is -0.349. The van der Waals surface area contributed by atoms with E-state index in [9.17, 15) is 10.2 Å². The van der Waals surface area contributed by atoms with Crippen LogP contribution in [0.1, 0.15) is 11.9 Å². The third-order valence-corrected chi connectivity index (χ3v) is 4.58. The Balaban J connectivity index is 1.70. The molecule has 0 saturated carbocycles. The molecule has 2 N–H and O–H groups in total. The van der Waals surface area contributed by atoms with Crippen LogP contribution in [0.3, 0.4) is 0 Å². The number of aliphatic hydroxyl groups is 2. The fraction of sp³-hybridized carbons (Fsp3) is 0.571. The third kappa shape index (κ3) is 3.50. The van der Waals surface area contributed by atoms with E-state index in [1.54, 1.807) is 0 Å². The first-order chi connectivity index (χ1) is 10.6. The highest BCUT2D eigenvalue weighted by atomic mass is 32.0. The largest absolute Gasteiger partial charge is 0.387 e. The average molecular weight is 346 g/mol. The van der Waals surface area contributed by atoms with Crippen molar-refractivity contribution in [1.29, 1.82) is 0 Å². The van der Waals surface area contributed by atoms with Crippen LogP contribution in [0.5, 0.6) is 0 Å². The summed E-state index contributed by atoms with van der Waals surface area (Å²) >= 11 is 0. The van der Waals surface area contributed by atoms with E-state index in [0.29, 0.717) is 0 Å². The number of benzene rings is 1. The monoisotopic (exact) mass is 346 g/mol. The smallest absolute Gasteiger partial charge is 0.190 e. The summed E-state index contributed by atoms with van der Waals surface area (Å²) in [5.41, 5.74) is 0.864. The van der Waals surface area contributed by atoms with Crippen LogP contribution in [0.25, 0.3) is 0 Å². The van der Waals surface area contributed by atoms with Gasteiger partial charge in [0.25, 0.3) is 0 Å². The highest BCUT2D eigenvalue weighted by molar-refractivity contribution is 8.10. The molecule has 2 saturated heterocycles. The number of hydrogen-bond acceptors (Lipinski definition) is 6. The molecular formula is C14H20O6P2. The minimum atomic E-state index is -1.15. The van der Waals surface area contributed by atoms with Gasteiger partial charge in [0.1, 0.15) is 24.4 Å². The Kier molecular flexibility index (Phi) is 5.43. The molecule has 2 heterocycles. The fourth-order valence-corrected chi connectivity index (χ4v) is 3.47. The van der Waals surface area contributed by atoms with Crippen molar-refractivity contribution < 1.29 is 28.9 Å². The van der Waals surface area contributed by atoms with Gasteiger partial charge in [-0.1, -0.05) is 39.3 Å². The van der Waals surface area contributed by atoms with Crippen molar-refractivity contribution in [3.63, 3.8) is 0 Å². The van der Waals surface area contributed by atoms with Gasteiger partial charge in [0, 0.05) is 13.4 Å². The minimum Gasteiger partial charge on any atom is -0.387 e. The van der Waals surface area contributed by atoms with Gasteiger partial charge in [-0.3, -0.25) is 0 Å². The predicted molar refractivity (Wildman–Crippen MR) is 84.3 cm³/mol. The summed E-state index contributed by atoms with van der Waals surface area (Å²) in [6.45, 7) is 2.14. The zero-order chi connectivity index (χ0) is 15.7. The molecule has 2 aliphatic heterocycles. The molecule has 8 heteroatoms. The van der Waals surface area contributed by atoms with E-state index in [0.717, 1.165) is 5.56 Å². The first-order valence-corrected chi connectivity index (χ1v) is 10.4. The van der Waals surface area contributed by atoms with Crippen molar-refractivity contribution in [2.75, 3.05) is 13.3 Å². The first kappa shape index (κ1) is 16.7. The van der Waals surface area contributed by atoms with Crippen LogP contribution < -0.4 is 0 Å². The van der Waals surface area contributed by atoms with Crippen LogP contribution >= 0.6 is 16.8 Å². The Morgan fingerprint density at radius 3 is 2.59 bits per heavy atom. The molecule has 0 amide bonds. The van der Waals surface area contributed by atoms with Gasteiger partial charge in [-0.15, -0.1) is 0 Å². The van der Waals surface area contributed by atoms with Crippen molar-refractivity contribution >= 4 is 16.8 Å². The fourth-order valence-electron chi connectivity index (χ4n) is 2.61. The highest BCUT2D eigenvalue weighted by Gasteiger charge is 2.49. The van der Waals surface area contributed by atoms with Gasteiger partial charge in [0.05, 0.1) is 6.61 Å². The number of fused-ring (bicyclic) bond motifs is 1. The van der Waals surface area contributed by atoms with E-state index >= 15 is 0 Å². The molecule has 2 fully saturated rings. The SMILES string of the molecule is CP(P)O[C@@H]1OC2COC(c3ccccc3)O[C@@H]2[C@H](O)C1O. The summed E-state index contributed by atoms with van der Waals surface area (Å²) in [6.07, 6.45) is -4.80. The van der Waals surface area contributed by atoms with Crippen molar-refractivity contribution in [3.05, 3.63) is 35.9 Å². The lowest BCUT2D eigenvalue weighted by atomic mass is 9.98. The second-order valence-electron chi connectivity index (χ2n) is 5.35. The van der Waals surface area contributed by atoms with Crippen LogP contribution in [-0.2, 0) is 18.7 Å². The molecule has 2 aliphatic rings. The van der Waals surface area contributed by atoms with Crippen molar-refractivity contribution in [2.24, 2.45) is 0 Å². The molecular weight excluding hydrogens is 326 g/mol. The van der Waals surface area contributed by atoms with E-state index < -0.39 is 44.8 Å². The third-order valence-electron chi connectivity index (χ3n) is 3.68. The molecule has 0 spiro atoms. The van der Waals surface area contributed by atoms with E-state index in [1.165, 1.54) is 0 Å². The van der Waals surface area contributed by atoms with Crippen LogP contribution in [0.15, 0.2) is 30.3 Å². The van der Waals surface area contributed by atoms with Gasteiger partial charge in [-0.2, -0.15) is 0 Å². The number of aliphatic hydroxyl groups excluding tert-OH is 2. The Morgan fingerprint density at radius 1 is 1.18 bits per heavy atom. The van der Waals surface area contributed by atoms with Crippen molar-refractivity contribution in [1.82, 2.24) is 0 Å². The molecule has 6 nitrogen and oxygen atoms in total. The molecule has 122 valence electrons. The topological polar surface area (TPSA) is 77.4 Å². The normalized spacial score (nSPS) is 40.0. The number of hydrogen-bond donors (Lipinski definition) is 2. The maximum absolute atomic E-state index is 10.3. The maximum atomic E-state index is 10.3. The van der Waals surface area contributed by atoms with Crippen LogP contribution in [0, 0.1) is 0 Å². The zero-order valence-electron chi connectivity index (χ0n) is 12.1. The molecule has 5 unspecified atom stereocenters. The molecule has 0 radical (unpaired) electrons. The van der Waals surface area contributed by atoms with E-state index in [1.807, 2.05) is 37.0 Å². The van der Waals surface area contributed by atoms with Gasteiger partial charge >= 0.3 is 0 Å². The Hall–Kier alpha value is -0.160. The maximum Gasteiger partial charge on any atom is 0.190 e. The molecule has 22 heavy (non-hydrogen) atoms. The molecule has 0 bridgehead atoms. The Morgan fingerprint density at radius 2 is 1.91 bits per heavy atom. The second kappa shape index (κ2) is 7.16. The van der Waals surface area contributed by atoms with Crippen molar-refractivity contribution in [2.45, 2.75) is 37.0 Å². The standard InChI is InChI=1S/C14H20O6P2/c1-22(21)20-14-11(16)10(15)12-9(18-14)7-17-13(19-12)8-5-3-2-4-6-8/h2-6,9-16H,7,21H2,1H3/t9?,10-,11?,12+,13?,14+,22?/m1/s1. The molecule has 1 aromatic carbocycles. The summed E-state index contributed by atoms with van der Waals surface area (Å²) in [5.74, 6) is 0. The zero-order valence-corrected chi connectivity index (χ0v) is 14.2. The highest BCUT2D eigenvalue weighted by Crippen LogP contribution is 2.45. The van der Waals surface area contributed by atoms with Crippen LogP contribution in [0.4, 0.5) is 0 Å².